The van der Waals surface area contributed by atoms with Crippen molar-refractivity contribution in [3.8, 4) is 0 Å². The summed E-state index contributed by atoms with van der Waals surface area (Å²) in [5, 5.41) is 3.82. The molecular weight excluding hydrogens is 364 g/mol. The van der Waals surface area contributed by atoms with Crippen LogP contribution in [0.2, 0.25) is 0 Å². The highest BCUT2D eigenvalue weighted by molar-refractivity contribution is 5.83. The molecule has 0 N–H and O–H groups in total. The Hall–Kier alpha value is -2.90. The van der Waals surface area contributed by atoms with E-state index in [1.54, 1.807) is 0 Å². The van der Waals surface area contributed by atoms with E-state index in [0.717, 1.165) is 22.9 Å². The molecule has 0 saturated carbocycles. The van der Waals surface area contributed by atoms with Gasteiger partial charge in [-0.15, -0.1) is 0 Å². The van der Waals surface area contributed by atoms with Gasteiger partial charge in [-0.3, -0.25) is 4.79 Å². The van der Waals surface area contributed by atoms with Gasteiger partial charge in [0.25, 0.3) is 12.2 Å². The first kappa shape index (κ1) is 18.5. The van der Waals surface area contributed by atoms with E-state index in [2.05, 4.69) is 15.1 Å². The largest absolute Gasteiger partial charge is 0.342 e. The van der Waals surface area contributed by atoms with Gasteiger partial charge in [0.2, 0.25) is 5.91 Å². The number of benzene rings is 1. The number of hydrogen-bond acceptors (Lipinski definition) is 4. The Morgan fingerprint density at radius 3 is 2.79 bits per heavy atom. The number of fused-ring (bicyclic) bond motifs is 1. The summed E-state index contributed by atoms with van der Waals surface area (Å²) in [5.74, 6) is -0.133. The van der Waals surface area contributed by atoms with Gasteiger partial charge < -0.3 is 4.90 Å². The lowest BCUT2D eigenvalue weighted by molar-refractivity contribution is -0.133. The van der Waals surface area contributed by atoms with Gasteiger partial charge in [-0.1, -0.05) is 30.3 Å². The summed E-state index contributed by atoms with van der Waals surface area (Å²) in [6.45, 7) is 3.04. The minimum atomic E-state index is -2.68. The number of amides is 1. The van der Waals surface area contributed by atoms with Gasteiger partial charge in [0, 0.05) is 19.0 Å². The van der Waals surface area contributed by atoms with Crippen molar-refractivity contribution >= 4 is 11.7 Å². The van der Waals surface area contributed by atoms with E-state index in [-0.39, 0.29) is 29.2 Å². The van der Waals surface area contributed by atoms with E-state index in [0.29, 0.717) is 18.8 Å². The number of carbonyl (C=O) groups is 1. The van der Waals surface area contributed by atoms with Crippen molar-refractivity contribution in [3.05, 3.63) is 59.7 Å². The average molecular weight is 385 g/mol. The number of likely N-dealkylation sites (tertiary alicyclic amines) is 1. The Kier molecular flexibility index (Phi) is 5.02. The molecule has 1 aromatic carbocycles. The summed E-state index contributed by atoms with van der Waals surface area (Å²) < 4.78 is 27.9. The zero-order valence-electron chi connectivity index (χ0n) is 15.5. The van der Waals surface area contributed by atoms with E-state index in [9.17, 15) is 13.6 Å². The van der Waals surface area contributed by atoms with Gasteiger partial charge in [-0.2, -0.15) is 14.6 Å². The van der Waals surface area contributed by atoms with Crippen LogP contribution >= 0.6 is 0 Å². The van der Waals surface area contributed by atoms with Crippen LogP contribution in [0.3, 0.4) is 0 Å². The maximum absolute atomic E-state index is 13.4. The van der Waals surface area contributed by atoms with E-state index in [1.165, 1.54) is 12.4 Å². The number of aromatic nitrogens is 4. The molecule has 1 aliphatic rings. The van der Waals surface area contributed by atoms with Gasteiger partial charge in [-0.05, 0) is 31.4 Å². The maximum atomic E-state index is 13.4. The molecule has 0 radical (unpaired) electrons. The van der Waals surface area contributed by atoms with Crippen LogP contribution in [-0.2, 0) is 4.79 Å². The van der Waals surface area contributed by atoms with Crippen LogP contribution < -0.4 is 0 Å². The van der Waals surface area contributed by atoms with Gasteiger partial charge in [0.05, 0.1) is 11.6 Å². The number of alkyl halides is 2. The number of hydrogen-bond donors (Lipinski definition) is 0. The van der Waals surface area contributed by atoms with Crippen LogP contribution in [0, 0.1) is 0 Å². The zero-order valence-corrected chi connectivity index (χ0v) is 15.5. The summed E-state index contributed by atoms with van der Waals surface area (Å²) >= 11 is 0. The summed E-state index contributed by atoms with van der Waals surface area (Å²) in [4.78, 5) is 23.2. The third-order valence-corrected chi connectivity index (χ3v) is 5.34. The van der Waals surface area contributed by atoms with Crippen LogP contribution in [0.1, 0.15) is 55.0 Å². The highest BCUT2D eigenvalue weighted by atomic mass is 19.3. The zero-order chi connectivity index (χ0) is 19.7. The molecule has 0 bridgehead atoms. The van der Waals surface area contributed by atoms with Gasteiger partial charge >= 0.3 is 0 Å². The molecule has 8 heteroatoms. The van der Waals surface area contributed by atoms with Crippen LogP contribution in [0.25, 0.3) is 5.78 Å². The number of halogens is 2. The summed E-state index contributed by atoms with van der Waals surface area (Å²) in [6.07, 6.45) is 0.145. The lowest BCUT2D eigenvalue weighted by Crippen LogP contribution is -2.41. The molecule has 28 heavy (non-hydrogen) atoms. The van der Waals surface area contributed by atoms with Crippen LogP contribution in [0.4, 0.5) is 8.78 Å². The molecular formula is C20H21F2N5O. The van der Waals surface area contributed by atoms with Crippen molar-refractivity contribution in [2.24, 2.45) is 0 Å². The van der Waals surface area contributed by atoms with E-state index >= 15 is 0 Å². The van der Waals surface area contributed by atoms with Crippen molar-refractivity contribution < 1.29 is 13.6 Å². The second-order valence-corrected chi connectivity index (χ2v) is 7.13. The fourth-order valence-corrected chi connectivity index (χ4v) is 3.80. The normalized spacial score (nSPS) is 18.6. The third-order valence-electron chi connectivity index (χ3n) is 5.34. The topological polar surface area (TPSA) is 63.4 Å². The molecule has 1 aliphatic heterocycles. The Balaban J connectivity index is 1.57. The predicted octanol–water partition coefficient (Wildman–Crippen LogP) is 3.57. The van der Waals surface area contributed by atoms with Crippen molar-refractivity contribution in [3.63, 3.8) is 0 Å². The van der Waals surface area contributed by atoms with Crippen molar-refractivity contribution in [2.75, 3.05) is 13.1 Å². The highest BCUT2D eigenvalue weighted by Gasteiger charge is 2.30. The fraction of sp³-hybridized carbons (Fsp3) is 0.400. The maximum Gasteiger partial charge on any atom is 0.280 e. The first-order valence-electron chi connectivity index (χ1n) is 9.37. The third kappa shape index (κ3) is 3.46. The lowest BCUT2D eigenvalue weighted by Gasteiger charge is -2.34. The molecule has 0 unspecified atom stereocenters. The van der Waals surface area contributed by atoms with Gasteiger partial charge in [-0.25, -0.2) is 13.8 Å². The van der Waals surface area contributed by atoms with E-state index < -0.39 is 6.43 Å². The summed E-state index contributed by atoms with van der Waals surface area (Å²) in [6, 6.07) is 11.0. The van der Waals surface area contributed by atoms with Crippen LogP contribution in [-0.4, -0.2) is 43.5 Å². The highest BCUT2D eigenvalue weighted by Crippen LogP contribution is 2.30. The monoisotopic (exact) mass is 385 g/mol. The molecule has 0 spiro atoms. The summed E-state index contributed by atoms with van der Waals surface area (Å²) in [7, 11) is 0. The predicted molar refractivity (Wildman–Crippen MR) is 99.2 cm³/mol. The molecule has 1 fully saturated rings. The van der Waals surface area contributed by atoms with E-state index in [4.69, 9.17) is 0 Å². The minimum Gasteiger partial charge on any atom is -0.342 e. The second kappa shape index (κ2) is 7.61. The van der Waals surface area contributed by atoms with Crippen molar-refractivity contribution in [1.29, 1.82) is 0 Å². The minimum absolute atomic E-state index is 0.0496. The van der Waals surface area contributed by atoms with E-state index in [1.807, 2.05) is 42.2 Å². The van der Waals surface area contributed by atoms with Crippen LogP contribution in [0.15, 0.2) is 42.7 Å². The molecule has 2 atom stereocenters. The molecule has 1 amide bonds. The average Bonchev–Trinajstić information content (AvgIpc) is 3.21. The number of rotatable bonds is 4. The quantitative estimate of drug-likeness (QED) is 0.689. The van der Waals surface area contributed by atoms with Crippen molar-refractivity contribution in [2.45, 2.75) is 38.0 Å². The molecule has 146 valence electrons. The Bertz CT molecular complexity index is 975. The summed E-state index contributed by atoms with van der Waals surface area (Å²) in [5.41, 5.74) is 1.29. The van der Waals surface area contributed by atoms with Crippen LogP contribution in [0.5, 0.6) is 0 Å². The molecule has 0 aliphatic carbocycles. The lowest BCUT2D eigenvalue weighted by atomic mass is 9.92. The molecule has 3 heterocycles. The Morgan fingerprint density at radius 1 is 1.25 bits per heavy atom. The Labute approximate surface area is 161 Å². The smallest absolute Gasteiger partial charge is 0.280 e. The standard InChI is InChI=1S/C20H21F2N5O/c1-13(14-6-3-2-4-7-14)19(28)26-9-5-8-15(11-26)16-10-17(18(21)22)27-20(25-16)23-12-24-27/h2-4,6-7,10,12-13,15,18H,5,8-9,11H2,1H3/t13-,15+/m0/s1. The first-order chi connectivity index (χ1) is 13.5. The SMILES string of the molecule is C[C@H](C(=O)N1CCC[C@@H](c2cc(C(F)F)n3ncnc3n2)C1)c1ccccc1. The first-order valence-corrected chi connectivity index (χ1v) is 9.37. The fourth-order valence-electron chi connectivity index (χ4n) is 3.80. The Morgan fingerprint density at radius 2 is 2.04 bits per heavy atom. The molecule has 6 nitrogen and oxygen atoms in total. The molecule has 1 saturated heterocycles. The van der Waals surface area contributed by atoms with Gasteiger partial charge in [0.1, 0.15) is 12.0 Å². The number of piperidine rings is 1. The second-order valence-electron chi connectivity index (χ2n) is 7.13. The molecule has 2 aromatic heterocycles. The molecule has 3 aromatic rings. The van der Waals surface area contributed by atoms with Gasteiger partial charge in [0.15, 0.2) is 0 Å². The molecule has 4 rings (SSSR count). The number of carbonyl (C=O) groups excluding carboxylic acids is 1. The number of nitrogens with zero attached hydrogens (tertiary/aromatic N) is 5. The van der Waals surface area contributed by atoms with Crippen molar-refractivity contribution in [1.82, 2.24) is 24.5 Å².